The molecule has 0 radical (unpaired) electrons. The standard InChI is InChI=1S/C23H46/c1-3-5-7-9-11-13-15-17-19-21-23-22-20-18-16-14-12-10-8-6-4-2/h21,23H,3-20,22H2,1-2H3. The summed E-state index contributed by atoms with van der Waals surface area (Å²) in [5, 5.41) is 0. The van der Waals surface area contributed by atoms with Gasteiger partial charge in [0.15, 0.2) is 0 Å². The molecule has 0 aliphatic heterocycles. The summed E-state index contributed by atoms with van der Waals surface area (Å²) in [6, 6.07) is 0. The van der Waals surface area contributed by atoms with E-state index in [1.807, 2.05) is 0 Å². The molecule has 0 fully saturated rings. The number of allylic oxidation sites excluding steroid dienone is 2. The van der Waals surface area contributed by atoms with Gasteiger partial charge in [-0.3, -0.25) is 0 Å². The number of rotatable bonds is 19. The lowest BCUT2D eigenvalue weighted by Crippen LogP contribution is -1.81. The van der Waals surface area contributed by atoms with Gasteiger partial charge >= 0.3 is 0 Å². The molecule has 0 atom stereocenters. The van der Waals surface area contributed by atoms with E-state index in [-0.39, 0.29) is 0 Å². The second-order valence-electron chi connectivity index (χ2n) is 7.35. The van der Waals surface area contributed by atoms with Gasteiger partial charge in [-0.2, -0.15) is 0 Å². The summed E-state index contributed by atoms with van der Waals surface area (Å²) in [5.41, 5.74) is 0. The van der Waals surface area contributed by atoms with Crippen molar-refractivity contribution in [1.29, 1.82) is 0 Å². The van der Waals surface area contributed by atoms with Crippen LogP contribution in [-0.4, -0.2) is 0 Å². The highest BCUT2D eigenvalue weighted by molar-refractivity contribution is 4.81. The second kappa shape index (κ2) is 21.7. The van der Waals surface area contributed by atoms with Crippen LogP contribution in [0, 0.1) is 0 Å². The van der Waals surface area contributed by atoms with Gasteiger partial charge in [0.1, 0.15) is 0 Å². The molecule has 138 valence electrons. The van der Waals surface area contributed by atoms with E-state index in [1.165, 1.54) is 122 Å². The fourth-order valence-electron chi connectivity index (χ4n) is 3.20. The molecule has 0 unspecified atom stereocenters. The van der Waals surface area contributed by atoms with E-state index in [0.717, 1.165) is 0 Å². The Hall–Kier alpha value is -0.260. The minimum atomic E-state index is 1.31. The Kier molecular flexibility index (Phi) is 21.5. The van der Waals surface area contributed by atoms with Gasteiger partial charge in [0, 0.05) is 0 Å². The van der Waals surface area contributed by atoms with Crippen LogP contribution in [0.2, 0.25) is 0 Å². The minimum Gasteiger partial charge on any atom is -0.0885 e. The maximum Gasteiger partial charge on any atom is -0.0351 e. The van der Waals surface area contributed by atoms with Crippen LogP contribution >= 0.6 is 0 Å². The molecular weight excluding hydrogens is 276 g/mol. The third kappa shape index (κ3) is 21.7. The highest BCUT2D eigenvalue weighted by Crippen LogP contribution is 2.12. The first kappa shape index (κ1) is 22.7. The molecule has 0 spiro atoms. The Labute approximate surface area is 148 Å². The molecular formula is C23H46. The van der Waals surface area contributed by atoms with Gasteiger partial charge in [0.25, 0.3) is 0 Å². The van der Waals surface area contributed by atoms with Crippen molar-refractivity contribution in [3.05, 3.63) is 12.2 Å². The molecule has 0 heterocycles. The SMILES string of the molecule is CCCCCCCCCCC=CCCCCCCCCCCC. The maximum absolute atomic E-state index is 2.43. The maximum atomic E-state index is 2.43. The van der Waals surface area contributed by atoms with Crippen molar-refractivity contribution in [2.24, 2.45) is 0 Å². The normalized spacial score (nSPS) is 11.6. The molecule has 0 heteroatoms. The summed E-state index contributed by atoms with van der Waals surface area (Å²) in [6.45, 7) is 4.59. The highest BCUT2D eigenvalue weighted by Gasteiger charge is 1.92. The molecule has 0 bridgehead atoms. The number of unbranched alkanes of at least 4 members (excludes halogenated alkanes) is 17. The molecule has 0 nitrogen and oxygen atoms in total. The summed E-state index contributed by atoms with van der Waals surface area (Å²) in [4.78, 5) is 0. The van der Waals surface area contributed by atoms with Crippen LogP contribution in [0.1, 0.15) is 136 Å². The Morgan fingerprint density at radius 2 is 0.609 bits per heavy atom. The van der Waals surface area contributed by atoms with Crippen molar-refractivity contribution in [3.8, 4) is 0 Å². The Morgan fingerprint density at radius 3 is 0.913 bits per heavy atom. The first-order chi connectivity index (χ1) is 11.4. The van der Waals surface area contributed by atoms with Crippen molar-refractivity contribution in [3.63, 3.8) is 0 Å². The zero-order chi connectivity index (χ0) is 16.8. The molecule has 0 aromatic rings. The van der Waals surface area contributed by atoms with E-state index >= 15 is 0 Å². The molecule has 0 saturated heterocycles. The van der Waals surface area contributed by atoms with E-state index in [2.05, 4.69) is 26.0 Å². The summed E-state index contributed by atoms with van der Waals surface area (Å²) < 4.78 is 0. The summed E-state index contributed by atoms with van der Waals surface area (Å²) in [6.07, 6.45) is 31.9. The second-order valence-corrected chi connectivity index (χ2v) is 7.35. The number of hydrogen-bond acceptors (Lipinski definition) is 0. The molecule has 0 aliphatic rings. The molecule has 0 rings (SSSR count). The van der Waals surface area contributed by atoms with Gasteiger partial charge in [0.05, 0.1) is 0 Å². The first-order valence-corrected chi connectivity index (χ1v) is 11.1. The zero-order valence-electron chi connectivity index (χ0n) is 16.6. The predicted molar refractivity (Wildman–Crippen MR) is 108 cm³/mol. The Morgan fingerprint density at radius 1 is 0.348 bits per heavy atom. The first-order valence-electron chi connectivity index (χ1n) is 11.1. The predicted octanol–water partition coefficient (Wildman–Crippen LogP) is 8.99. The van der Waals surface area contributed by atoms with Crippen LogP contribution in [-0.2, 0) is 0 Å². The van der Waals surface area contributed by atoms with Crippen LogP contribution in [0.3, 0.4) is 0 Å². The van der Waals surface area contributed by atoms with Gasteiger partial charge in [-0.15, -0.1) is 0 Å². The van der Waals surface area contributed by atoms with E-state index < -0.39 is 0 Å². The largest absolute Gasteiger partial charge is 0.0885 e. The third-order valence-electron chi connectivity index (χ3n) is 4.87. The van der Waals surface area contributed by atoms with Gasteiger partial charge in [-0.1, -0.05) is 122 Å². The lowest BCUT2D eigenvalue weighted by molar-refractivity contribution is 0.566. The van der Waals surface area contributed by atoms with Gasteiger partial charge in [-0.05, 0) is 25.7 Å². The summed E-state index contributed by atoms with van der Waals surface area (Å²) in [5.74, 6) is 0. The fourth-order valence-corrected chi connectivity index (χ4v) is 3.20. The van der Waals surface area contributed by atoms with Crippen LogP contribution in [0.25, 0.3) is 0 Å². The van der Waals surface area contributed by atoms with Crippen LogP contribution < -0.4 is 0 Å². The average Bonchev–Trinajstić information content (AvgIpc) is 2.57. The lowest BCUT2D eigenvalue weighted by Gasteiger charge is -2.01. The molecule has 0 aliphatic carbocycles. The Bertz CT molecular complexity index is 216. The van der Waals surface area contributed by atoms with E-state index in [1.54, 1.807) is 0 Å². The number of hydrogen-bond donors (Lipinski definition) is 0. The van der Waals surface area contributed by atoms with Crippen LogP contribution in [0.4, 0.5) is 0 Å². The molecule has 0 aromatic carbocycles. The Balaban J connectivity index is 3.03. The quantitative estimate of drug-likeness (QED) is 0.164. The summed E-state index contributed by atoms with van der Waals surface area (Å²) >= 11 is 0. The van der Waals surface area contributed by atoms with Crippen molar-refractivity contribution in [2.75, 3.05) is 0 Å². The van der Waals surface area contributed by atoms with E-state index in [9.17, 15) is 0 Å². The van der Waals surface area contributed by atoms with E-state index in [0.29, 0.717) is 0 Å². The van der Waals surface area contributed by atoms with Crippen LogP contribution in [0.15, 0.2) is 12.2 Å². The fraction of sp³-hybridized carbons (Fsp3) is 0.913. The topological polar surface area (TPSA) is 0 Å². The molecule has 0 amide bonds. The van der Waals surface area contributed by atoms with Crippen molar-refractivity contribution in [1.82, 2.24) is 0 Å². The molecule has 23 heavy (non-hydrogen) atoms. The van der Waals surface area contributed by atoms with Gasteiger partial charge < -0.3 is 0 Å². The molecule has 0 N–H and O–H groups in total. The van der Waals surface area contributed by atoms with Crippen molar-refractivity contribution >= 4 is 0 Å². The van der Waals surface area contributed by atoms with Crippen molar-refractivity contribution in [2.45, 2.75) is 136 Å². The smallest absolute Gasteiger partial charge is 0.0351 e. The average molecular weight is 323 g/mol. The highest BCUT2D eigenvalue weighted by atomic mass is 14.0. The monoisotopic (exact) mass is 322 g/mol. The lowest BCUT2D eigenvalue weighted by atomic mass is 10.1. The van der Waals surface area contributed by atoms with Crippen LogP contribution in [0.5, 0.6) is 0 Å². The molecule has 0 aromatic heterocycles. The van der Waals surface area contributed by atoms with Gasteiger partial charge in [0.2, 0.25) is 0 Å². The van der Waals surface area contributed by atoms with Crippen molar-refractivity contribution < 1.29 is 0 Å². The third-order valence-corrected chi connectivity index (χ3v) is 4.87. The minimum absolute atomic E-state index is 1.31. The molecule has 0 saturated carbocycles. The van der Waals surface area contributed by atoms with E-state index in [4.69, 9.17) is 0 Å². The summed E-state index contributed by atoms with van der Waals surface area (Å²) in [7, 11) is 0. The zero-order valence-corrected chi connectivity index (χ0v) is 16.6. The van der Waals surface area contributed by atoms with Gasteiger partial charge in [-0.25, -0.2) is 0 Å².